The van der Waals surface area contributed by atoms with Crippen molar-refractivity contribution in [2.75, 3.05) is 6.61 Å². The highest BCUT2D eigenvalue weighted by atomic mass is 19.1. The van der Waals surface area contributed by atoms with Gasteiger partial charge in [-0.15, -0.1) is 0 Å². The van der Waals surface area contributed by atoms with E-state index in [9.17, 15) is 9.18 Å². The number of ether oxygens (including phenoxy) is 1. The smallest absolute Gasteiger partial charge is 0.251 e. The van der Waals surface area contributed by atoms with E-state index >= 15 is 0 Å². The molecule has 1 amide bonds. The Hall–Kier alpha value is -2.36. The molecule has 0 aromatic heterocycles. The summed E-state index contributed by atoms with van der Waals surface area (Å²) in [4.78, 5) is 11.8. The first-order chi connectivity index (χ1) is 9.69. The normalized spacial score (nSPS) is 10.1. The predicted molar refractivity (Wildman–Crippen MR) is 75.2 cm³/mol. The zero-order valence-corrected chi connectivity index (χ0v) is 11.2. The van der Waals surface area contributed by atoms with Crippen molar-refractivity contribution in [3.05, 3.63) is 65.5 Å². The fourth-order valence-corrected chi connectivity index (χ4v) is 1.78. The number of nitrogens with one attached hydrogen (secondary N) is 1. The average molecular weight is 273 g/mol. The number of benzene rings is 2. The van der Waals surface area contributed by atoms with Crippen LogP contribution in [0.5, 0.6) is 5.75 Å². The van der Waals surface area contributed by atoms with Gasteiger partial charge in [-0.2, -0.15) is 0 Å². The Labute approximate surface area is 117 Å². The lowest BCUT2D eigenvalue weighted by molar-refractivity contribution is 0.0950. The zero-order valence-electron chi connectivity index (χ0n) is 11.2. The van der Waals surface area contributed by atoms with Crippen LogP contribution in [0, 0.1) is 5.82 Å². The molecule has 0 saturated heterocycles. The third kappa shape index (κ3) is 3.82. The number of hydrogen-bond donors (Lipinski definition) is 1. The number of carbonyl (C=O) groups is 1. The van der Waals surface area contributed by atoms with E-state index in [0.717, 1.165) is 11.3 Å². The molecule has 0 aliphatic heterocycles. The van der Waals surface area contributed by atoms with Crippen LogP contribution in [-0.2, 0) is 6.54 Å². The maximum atomic E-state index is 13.0. The number of hydrogen-bond acceptors (Lipinski definition) is 2. The predicted octanol–water partition coefficient (Wildman–Crippen LogP) is 3.15. The van der Waals surface area contributed by atoms with E-state index in [1.54, 1.807) is 6.07 Å². The van der Waals surface area contributed by atoms with Crippen LogP contribution in [0.4, 0.5) is 4.39 Å². The molecule has 2 rings (SSSR count). The standard InChI is InChI=1S/C16H16FNO2/c1-2-20-15-8-6-12(7-9-15)11-18-16(19)13-4-3-5-14(17)10-13/h3-10H,2,11H2,1H3,(H,18,19). The minimum atomic E-state index is -0.418. The van der Waals surface area contributed by atoms with Gasteiger partial charge in [-0.1, -0.05) is 18.2 Å². The molecule has 2 aromatic rings. The summed E-state index contributed by atoms with van der Waals surface area (Å²) in [7, 11) is 0. The molecule has 0 unspecified atom stereocenters. The summed E-state index contributed by atoms with van der Waals surface area (Å²) in [6.07, 6.45) is 0. The van der Waals surface area contributed by atoms with Crippen LogP contribution in [0.1, 0.15) is 22.8 Å². The highest BCUT2D eigenvalue weighted by molar-refractivity contribution is 5.94. The van der Waals surface area contributed by atoms with Gasteiger partial charge < -0.3 is 10.1 Å². The van der Waals surface area contributed by atoms with Crippen LogP contribution < -0.4 is 10.1 Å². The molecule has 0 atom stereocenters. The molecule has 0 aliphatic carbocycles. The van der Waals surface area contributed by atoms with Crippen molar-refractivity contribution >= 4 is 5.91 Å². The van der Waals surface area contributed by atoms with Crippen molar-refractivity contribution in [2.24, 2.45) is 0 Å². The quantitative estimate of drug-likeness (QED) is 0.908. The fourth-order valence-electron chi connectivity index (χ4n) is 1.78. The second-order valence-corrected chi connectivity index (χ2v) is 4.27. The van der Waals surface area contributed by atoms with Gasteiger partial charge >= 0.3 is 0 Å². The van der Waals surface area contributed by atoms with Crippen molar-refractivity contribution in [2.45, 2.75) is 13.5 Å². The number of amides is 1. The Morgan fingerprint density at radius 2 is 1.95 bits per heavy atom. The van der Waals surface area contributed by atoms with E-state index in [1.165, 1.54) is 18.2 Å². The van der Waals surface area contributed by atoms with E-state index < -0.39 is 5.82 Å². The molecular formula is C16H16FNO2. The third-order valence-corrected chi connectivity index (χ3v) is 2.77. The number of carbonyl (C=O) groups excluding carboxylic acids is 1. The summed E-state index contributed by atoms with van der Waals surface area (Å²) in [5.74, 6) is 0.0878. The fraction of sp³-hybridized carbons (Fsp3) is 0.188. The summed E-state index contributed by atoms with van der Waals surface area (Å²) in [5, 5.41) is 2.75. The van der Waals surface area contributed by atoms with Gasteiger partial charge in [0, 0.05) is 12.1 Å². The van der Waals surface area contributed by atoms with Gasteiger partial charge in [0.2, 0.25) is 0 Å². The summed E-state index contributed by atoms with van der Waals surface area (Å²) >= 11 is 0. The molecular weight excluding hydrogens is 257 g/mol. The Kier molecular flexibility index (Phi) is 4.71. The molecule has 2 aromatic carbocycles. The van der Waals surface area contributed by atoms with Crippen molar-refractivity contribution in [3.8, 4) is 5.75 Å². The first-order valence-electron chi connectivity index (χ1n) is 6.44. The van der Waals surface area contributed by atoms with E-state index in [2.05, 4.69) is 5.32 Å². The highest BCUT2D eigenvalue weighted by Crippen LogP contribution is 2.12. The SMILES string of the molecule is CCOc1ccc(CNC(=O)c2cccc(F)c2)cc1. The molecule has 0 radical (unpaired) electrons. The van der Waals surface area contributed by atoms with Crippen LogP contribution in [0.25, 0.3) is 0 Å². The monoisotopic (exact) mass is 273 g/mol. The largest absolute Gasteiger partial charge is 0.494 e. The molecule has 0 fully saturated rings. The minimum Gasteiger partial charge on any atom is -0.494 e. The lowest BCUT2D eigenvalue weighted by Crippen LogP contribution is -2.22. The average Bonchev–Trinajstić information content (AvgIpc) is 2.46. The van der Waals surface area contributed by atoms with Gasteiger partial charge in [0.25, 0.3) is 5.91 Å². The van der Waals surface area contributed by atoms with Crippen molar-refractivity contribution in [3.63, 3.8) is 0 Å². The Balaban J connectivity index is 1.93. The Morgan fingerprint density at radius 1 is 1.20 bits per heavy atom. The minimum absolute atomic E-state index is 0.293. The number of rotatable bonds is 5. The first-order valence-corrected chi connectivity index (χ1v) is 6.44. The maximum Gasteiger partial charge on any atom is 0.251 e. The number of halogens is 1. The van der Waals surface area contributed by atoms with E-state index in [1.807, 2.05) is 31.2 Å². The molecule has 20 heavy (non-hydrogen) atoms. The van der Waals surface area contributed by atoms with Crippen molar-refractivity contribution in [1.29, 1.82) is 0 Å². The van der Waals surface area contributed by atoms with Crippen LogP contribution in [0.2, 0.25) is 0 Å². The summed E-state index contributed by atoms with van der Waals surface area (Å²) in [6, 6.07) is 13.1. The summed E-state index contributed by atoms with van der Waals surface area (Å²) < 4.78 is 18.4. The van der Waals surface area contributed by atoms with Gasteiger partial charge in [-0.3, -0.25) is 4.79 Å². The maximum absolute atomic E-state index is 13.0. The molecule has 0 heterocycles. The van der Waals surface area contributed by atoms with Crippen molar-refractivity contribution < 1.29 is 13.9 Å². The van der Waals surface area contributed by atoms with Gasteiger partial charge in [0.05, 0.1) is 6.61 Å². The van der Waals surface area contributed by atoms with Gasteiger partial charge in [0.1, 0.15) is 11.6 Å². The van der Waals surface area contributed by atoms with E-state index in [0.29, 0.717) is 18.7 Å². The lowest BCUT2D eigenvalue weighted by Gasteiger charge is -2.07. The Bertz CT molecular complexity index is 581. The van der Waals surface area contributed by atoms with Gasteiger partial charge in [0.15, 0.2) is 0 Å². The van der Waals surface area contributed by atoms with Crippen LogP contribution in [-0.4, -0.2) is 12.5 Å². The molecule has 3 nitrogen and oxygen atoms in total. The molecule has 0 spiro atoms. The van der Waals surface area contributed by atoms with Crippen molar-refractivity contribution in [1.82, 2.24) is 5.32 Å². The molecule has 0 aliphatic rings. The first kappa shape index (κ1) is 14.1. The Morgan fingerprint density at radius 3 is 2.60 bits per heavy atom. The topological polar surface area (TPSA) is 38.3 Å². The molecule has 104 valence electrons. The van der Waals surface area contributed by atoms with Gasteiger partial charge in [-0.05, 0) is 42.8 Å². The lowest BCUT2D eigenvalue weighted by atomic mass is 10.2. The molecule has 1 N–H and O–H groups in total. The van der Waals surface area contributed by atoms with E-state index in [-0.39, 0.29) is 5.91 Å². The molecule has 0 bridgehead atoms. The molecule has 4 heteroatoms. The summed E-state index contributed by atoms with van der Waals surface area (Å²) in [5.41, 5.74) is 1.27. The molecule has 0 saturated carbocycles. The van der Waals surface area contributed by atoms with E-state index in [4.69, 9.17) is 4.74 Å². The third-order valence-electron chi connectivity index (χ3n) is 2.77. The van der Waals surface area contributed by atoms with Crippen LogP contribution in [0.15, 0.2) is 48.5 Å². The second kappa shape index (κ2) is 6.70. The summed E-state index contributed by atoms with van der Waals surface area (Å²) in [6.45, 7) is 2.94. The van der Waals surface area contributed by atoms with Gasteiger partial charge in [-0.25, -0.2) is 4.39 Å². The zero-order chi connectivity index (χ0) is 14.4. The van der Waals surface area contributed by atoms with Crippen LogP contribution >= 0.6 is 0 Å². The van der Waals surface area contributed by atoms with Crippen LogP contribution in [0.3, 0.4) is 0 Å². The highest BCUT2D eigenvalue weighted by Gasteiger charge is 2.06. The second-order valence-electron chi connectivity index (χ2n) is 4.27.